The minimum Gasteiger partial charge on any atom is -0.496 e. The number of ether oxygens (including phenoxy) is 2. The van der Waals surface area contributed by atoms with Crippen LogP contribution in [-0.4, -0.2) is 31.4 Å². The fourth-order valence-corrected chi connectivity index (χ4v) is 2.57. The van der Waals surface area contributed by atoms with Gasteiger partial charge in [-0.2, -0.15) is 0 Å². The number of nitrogens with one attached hydrogen (secondary N) is 1. The third kappa shape index (κ3) is 2.92. The topological polar surface area (TPSA) is 68.3 Å². The lowest BCUT2D eigenvalue weighted by Gasteiger charge is -2.25. The molecule has 1 aliphatic heterocycles. The molecular weight excluding hydrogens is 236 g/mol. The summed E-state index contributed by atoms with van der Waals surface area (Å²) in [6, 6.07) is 5.80. The third-order valence-electron chi connectivity index (χ3n) is 2.65. The number of rotatable bonds is 5. The summed E-state index contributed by atoms with van der Waals surface area (Å²) in [5, 5.41) is 8.12. The number of amidine groups is 1. The van der Waals surface area contributed by atoms with Gasteiger partial charge >= 0.3 is 0 Å². The molecule has 5 heteroatoms. The van der Waals surface area contributed by atoms with E-state index in [-0.39, 0.29) is 5.84 Å². The van der Waals surface area contributed by atoms with Crippen LogP contribution >= 0.6 is 11.8 Å². The van der Waals surface area contributed by atoms with Crippen LogP contribution in [0.3, 0.4) is 0 Å². The van der Waals surface area contributed by atoms with Crippen molar-refractivity contribution in [3.63, 3.8) is 0 Å². The molecule has 1 aliphatic rings. The Hall–Kier alpha value is -1.20. The maximum atomic E-state index is 7.51. The lowest BCUT2D eigenvalue weighted by molar-refractivity contribution is 0.0455. The second-order valence-electron chi connectivity index (χ2n) is 3.92. The summed E-state index contributed by atoms with van der Waals surface area (Å²) in [5.74, 6) is 1.61. The molecule has 1 fully saturated rings. The molecule has 0 bridgehead atoms. The fourth-order valence-electron chi connectivity index (χ4n) is 1.58. The van der Waals surface area contributed by atoms with Crippen molar-refractivity contribution >= 4 is 17.6 Å². The molecule has 0 aliphatic carbocycles. The Morgan fingerprint density at radius 3 is 2.88 bits per heavy atom. The van der Waals surface area contributed by atoms with Crippen molar-refractivity contribution in [2.75, 3.05) is 20.3 Å². The molecule has 0 radical (unpaired) electrons. The largest absolute Gasteiger partial charge is 0.496 e. The molecule has 2 rings (SSSR count). The summed E-state index contributed by atoms with van der Waals surface area (Å²) in [5.41, 5.74) is 7.35. The van der Waals surface area contributed by atoms with Crippen LogP contribution in [0.4, 0.5) is 0 Å². The molecule has 0 amide bonds. The summed E-state index contributed by atoms with van der Waals surface area (Å²) in [6.45, 7) is 1.70. The summed E-state index contributed by atoms with van der Waals surface area (Å²) in [6.07, 6.45) is 0. The van der Waals surface area contributed by atoms with Crippen LogP contribution in [0, 0.1) is 5.41 Å². The molecule has 0 saturated carbocycles. The van der Waals surface area contributed by atoms with Crippen LogP contribution in [0.2, 0.25) is 0 Å². The van der Waals surface area contributed by atoms with E-state index in [4.69, 9.17) is 20.6 Å². The van der Waals surface area contributed by atoms with E-state index in [9.17, 15) is 0 Å². The Morgan fingerprint density at radius 2 is 2.35 bits per heavy atom. The van der Waals surface area contributed by atoms with E-state index in [1.165, 1.54) is 0 Å². The van der Waals surface area contributed by atoms with Gasteiger partial charge in [0.25, 0.3) is 0 Å². The molecule has 1 aromatic carbocycles. The van der Waals surface area contributed by atoms with Gasteiger partial charge in [-0.15, -0.1) is 11.8 Å². The van der Waals surface area contributed by atoms with E-state index in [2.05, 4.69) is 0 Å². The number of thioether (sulfide) groups is 1. The van der Waals surface area contributed by atoms with Crippen LogP contribution in [0.5, 0.6) is 5.75 Å². The first-order valence-electron chi connectivity index (χ1n) is 5.41. The number of nitrogens with two attached hydrogens (primary N) is 1. The number of hydrogen-bond donors (Lipinski definition) is 2. The predicted molar refractivity (Wildman–Crippen MR) is 69.9 cm³/mol. The lowest BCUT2D eigenvalue weighted by atomic mass is 10.1. The Kier molecular flexibility index (Phi) is 3.91. The average Bonchev–Trinajstić information content (AvgIpc) is 2.26. The van der Waals surface area contributed by atoms with Gasteiger partial charge in [0.15, 0.2) is 0 Å². The maximum absolute atomic E-state index is 7.51. The Morgan fingerprint density at radius 1 is 1.59 bits per heavy atom. The Bertz CT molecular complexity index is 419. The molecule has 92 valence electrons. The predicted octanol–water partition coefficient (Wildman–Crippen LogP) is 1.61. The monoisotopic (exact) mass is 252 g/mol. The second kappa shape index (κ2) is 5.42. The van der Waals surface area contributed by atoms with Crippen molar-refractivity contribution in [3.05, 3.63) is 29.3 Å². The smallest absolute Gasteiger partial charge is 0.129 e. The van der Waals surface area contributed by atoms with Gasteiger partial charge in [-0.05, 0) is 17.7 Å². The van der Waals surface area contributed by atoms with Crippen LogP contribution in [-0.2, 0) is 10.5 Å². The highest BCUT2D eigenvalue weighted by molar-refractivity contribution is 7.99. The van der Waals surface area contributed by atoms with E-state index in [0.29, 0.717) is 16.6 Å². The molecule has 1 saturated heterocycles. The fraction of sp³-hybridized carbons (Fsp3) is 0.417. The van der Waals surface area contributed by atoms with Crippen molar-refractivity contribution in [2.45, 2.75) is 11.0 Å². The van der Waals surface area contributed by atoms with Crippen molar-refractivity contribution in [3.8, 4) is 5.75 Å². The van der Waals surface area contributed by atoms with Crippen LogP contribution in [0.1, 0.15) is 11.1 Å². The minimum atomic E-state index is 0.0423. The van der Waals surface area contributed by atoms with Crippen molar-refractivity contribution in [2.24, 2.45) is 5.73 Å². The maximum Gasteiger partial charge on any atom is 0.129 e. The van der Waals surface area contributed by atoms with E-state index in [0.717, 1.165) is 24.5 Å². The van der Waals surface area contributed by atoms with Gasteiger partial charge in [0, 0.05) is 5.75 Å². The molecule has 3 N–H and O–H groups in total. The van der Waals surface area contributed by atoms with E-state index < -0.39 is 0 Å². The molecule has 0 aromatic heterocycles. The van der Waals surface area contributed by atoms with Crippen LogP contribution < -0.4 is 10.5 Å². The number of methoxy groups -OCH3 is 1. The van der Waals surface area contributed by atoms with Gasteiger partial charge in [0.1, 0.15) is 11.6 Å². The van der Waals surface area contributed by atoms with Crippen LogP contribution in [0.25, 0.3) is 0 Å². The van der Waals surface area contributed by atoms with Gasteiger partial charge in [0.05, 0.1) is 31.1 Å². The highest BCUT2D eigenvalue weighted by Gasteiger charge is 2.18. The summed E-state index contributed by atoms with van der Waals surface area (Å²) in [4.78, 5) is 0. The van der Waals surface area contributed by atoms with Gasteiger partial charge in [-0.1, -0.05) is 6.07 Å². The van der Waals surface area contributed by atoms with Crippen LogP contribution in [0.15, 0.2) is 18.2 Å². The molecule has 0 atom stereocenters. The highest BCUT2D eigenvalue weighted by Crippen LogP contribution is 2.26. The van der Waals surface area contributed by atoms with E-state index in [1.54, 1.807) is 7.11 Å². The SMILES string of the molecule is COc1ccc(CSC2COC2)cc1C(=N)N. The number of benzene rings is 1. The van der Waals surface area contributed by atoms with Crippen molar-refractivity contribution in [1.82, 2.24) is 0 Å². The lowest BCUT2D eigenvalue weighted by Crippen LogP contribution is -2.30. The van der Waals surface area contributed by atoms with Gasteiger partial charge in [-0.3, -0.25) is 5.41 Å². The number of hydrogen-bond acceptors (Lipinski definition) is 4. The zero-order valence-electron chi connectivity index (χ0n) is 9.73. The molecular formula is C12H16N2O2S. The van der Waals surface area contributed by atoms with E-state index in [1.807, 2.05) is 30.0 Å². The quantitative estimate of drug-likeness (QED) is 0.617. The van der Waals surface area contributed by atoms with E-state index >= 15 is 0 Å². The molecule has 17 heavy (non-hydrogen) atoms. The molecule has 4 nitrogen and oxygen atoms in total. The summed E-state index contributed by atoms with van der Waals surface area (Å²) in [7, 11) is 1.59. The van der Waals surface area contributed by atoms with Crippen molar-refractivity contribution in [1.29, 1.82) is 5.41 Å². The molecule has 1 aromatic rings. The van der Waals surface area contributed by atoms with Gasteiger partial charge in [0.2, 0.25) is 0 Å². The minimum absolute atomic E-state index is 0.0423. The molecule has 0 unspecified atom stereocenters. The Balaban J connectivity index is 2.06. The zero-order valence-corrected chi connectivity index (χ0v) is 10.5. The normalized spacial score (nSPS) is 15.4. The third-order valence-corrected chi connectivity index (χ3v) is 3.89. The second-order valence-corrected chi connectivity index (χ2v) is 5.21. The number of nitrogen functional groups attached to an aromatic ring is 1. The Labute approximate surface area is 105 Å². The summed E-state index contributed by atoms with van der Waals surface area (Å²) < 4.78 is 10.3. The molecule has 0 spiro atoms. The first kappa shape index (κ1) is 12.3. The van der Waals surface area contributed by atoms with Gasteiger partial charge < -0.3 is 15.2 Å². The van der Waals surface area contributed by atoms with Gasteiger partial charge in [-0.25, -0.2) is 0 Å². The summed E-state index contributed by atoms with van der Waals surface area (Å²) >= 11 is 1.87. The first-order valence-corrected chi connectivity index (χ1v) is 6.46. The first-order chi connectivity index (χ1) is 8.20. The standard InChI is InChI=1S/C12H16N2O2S/c1-15-11-3-2-8(4-10(11)12(13)14)7-17-9-5-16-6-9/h2-4,9H,5-7H2,1H3,(H3,13,14). The average molecular weight is 252 g/mol. The molecule has 1 heterocycles. The van der Waals surface area contributed by atoms with Crippen molar-refractivity contribution < 1.29 is 9.47 Å². The highest BCUT2D eigenvalue weighted by atomic mass is 32.2. The zero-order chi connectivity index (χ0) is 12.3.